The summed E-state index contributed by atoms with van der Waals surface area (Å²) >= 11 is 0. The Labute approximate surface area is 115 Å². The molecule has 1 saturated heterocycles. The summed E-state index contributed by atoms with van der Waals surface area (Å²) in [7, 11) is 0. The van der Waals surface area contributed by atoms with E-state index in [1.807, 2.05) is 12.1 Å². The largest absolute Gasteiger partial charge is 0.398 e. The lowest BCUT2D eigenvalue weighted by Crippen LogP contribution is -2.33. The van der Waals surface area contributed by atoms with E-state index in [1.165, 1.54) is 25.9 Å². The predicted octanol–water partition coefficient (Wildman–Crippen LogP) is 2.37. The number of nitrogens with two attached hydrogens (primary N) is 1. The lowest BCUT2D eigenvalue weighted by atomic mass is 10.1. The van der Waals surface area contributed by atoms with E-state index < -0.39 is 0 Å². The Balaban J connectivity index is 1.98. The maximum atomic E-state index is 11.5. The lowest BCUT2D eigenvalue weighted by molar-refractivity contribution is 0.101. The normalized spacial score (nSPS) is 17.4. The summed E-state index contributed by atoms with van der Waals surface area (Å²) in [5.74, 6) is 0.00773. The third-order valence-electron chi connectivity index (χ3n) is 3.58. The van der Waals surface area contributed by atoms with Crippen LogP contribution in [0, 0.1) is 0 Å². The Morgan fingerprint density at radius 3 is 2.74 bits per heavy atom. The molecule has 0 bridgehead atoms. The van der Waals surface area contributed by atoms with Crippen LogP contribution in [0.25, 0.3) is 0 Å². The number of Topliss-reactive ketones (excluding diaryl/α,β-unsaturated/α-hetero) is 1. The number of rotatable bonds is 5. The fourth-order valence-electron chi connectivity index (χ4n) is 2.63. The molecule has 1 aliphatic rings. The molecular formula is C15H23N3O. The number of ketones is 1. The van der Waals surface area contributed by atoms with Gasteiger partial charge in [0.2, 0.25) is 0 Å². The molecule has 1 aliphatic heterocycles. The number of anilines is 2. The molecule has 3 N–H and O–H groups in total. The maximum absolute atomic E-state index is 11.5. The molecule has 0 saturated carbocycles. The van der Waals surface area contributed by atoms with Gasteiger partial charge in [-0.25, -0.2) is 0 Å². The minimum atomic E-state index is 0.00773. The van der Waals surface area contributed by atoms with E-state index in [0.717, 1.165) is 12.2 Å². The first kappa shape index (κ1) is 13.9. The monoisotopic (exact) mass is 261 g/mol. The van der Waals surface area contributed by atoms with Gasteiger partial charge in [0, 0.05) is 29.5 Å². The zero-order valence-corrected chi connectivity index (χ0v) is 11.8. The Kier molecular flexibility index (Phi) is 4.43. The smallest absolute Gasteiger partial charge is 0.161 e. The molecular weight excluding hydrogens is 238 g/mol. The van der Waals surface area contributed by atoms with E-state index in [2.05, 4.69) is 17.1 Å². The maximum Gasteiger partial charge on any atom is 0.161 e. The van der Waals surface area contributed by atoms with Crippen molar-refractivity contribution in [2.45, 2.75) is 32.7 Å². The van der Waals surface area contributed by atoms with Crippen molar-refractivity contribution in [2.75, 3.05) is 30.7 Å². The minimum absolute atomic E-state index is 0.00773. The highest BCUT2D eigenvalue weighted by Crippen LogP contribution is 2.19. The van der Waals surface area contributed by atoms with Gasteiger partial charge in [0.05, 0.1) is 0 Å². The van der Waals surface area contributed by atoms with Crippen molar-refractivity contribution in [1.82, 2.24) is 4.90 Å². The average Bonchev–Trinajstić information content (AvgIpc) is 2.84. The SMILES string of the molecule is CC(=O)c1cc(NC(C)CN2CCCC2)ccc1N. The number of nitrogen functional groups attached to an aromatic ring is 1. The minimum Gasteiger partial charge on any atom is -0.398 e. The van der Waals surface area contributed by atoms with Crippen LogP contribution in [0.1, 0.15) is 37.0 Å². The van der Waals surface area contributed by atoms with Crippen LogP contribution >= 0.6 is 0 Å². The second-order valence-electron chi connectivity index (χ2n) is 5.41. The van der Waals surface area contributed by atoms with E-state index in [4.69, 9.17) is 5.73 Å². The molecule has 1 aromatic carbocycles. The fourth-order valence-corrected chi connectivity index (χ4v) is 2.63. The molecule has 1 unspecified atom stereocenters. The van der Waals surface area contributed by atoms with Gasteiger partial charge >= 0.3 is 0 Å². The highest BCUT2D eigenvalue weighted by Gasteiger charge is 2.15. The quantitative estimate of drug-likeness (QED) is 0.631. The van der Waals surface area contributed by atoms with E-state index >= 15 is 0 Å². The second kappa shape index (κ2) is 6.06. The molecule has 4 nitrogen and oxygen atoms in total. The zero-order valence-electron chi connectivity index (χ0n) is 11.8. The average molecular weight is 261 g/mol. The summed E-state index contributed by atoms with van der Waals surface area (Å²) in [6.07, 6.45) is 2.62. The molecule has 2 rings (SSSR count). The van der Waals surface area contributed by atoms with Crippen molar-refractivity contribution in [2.24, 2.45) is 0 Å². The molecule has 0 spiro atoms. The molecule has 19 heavy (non-hydrogen) atoms. The number of carbonyl (C=O) groups is 1. The molecule has 1 heterocycles. The number of hydrogen-bond acceptors (Lipinski definition) is 4. The van der Waals surface area contributed by atoms with Gasteiger partial charge in [0.25, 0.3) is 0 Å². The Morgan fingerprint density at radius 2 is 2.11 bits per heavy atom. The first-order chi connectivity index (χ1) is 9.06. The summed E-state index contributed by atoms with van der Waals surface area (Å²) in [5, 5.41) is 3.44. The molecule has 104 valence electrons. The third kappa shape index (κ3) is 3.70. The summed E-state index contributed by atoms with van der Waals surface area (Å²) in [4.78, 5) is 13.9. The van der Waals surface area contributed by atoms with Gasteiger partial charge in [-0.05, 0) is 58.0 Å². The number of benzene rings is 1. The molecule has 1 atom stereocenters. The van der Waals surface area contributed by atoms with Crippen LogP contribution in [0.5, 0.6) is 0 Å². The Bertz CT molecular complexity index is 453. The van der Waals surface area contributed by atoms with Crippen molar-refractivity contribution >= 4 is 17.2 Å². The van der Waals surface area contributed by atoms with E-state index in [0.29, 0.717) is 17.3 Å². The van der Waals surface area contributed by atoms with Crippen molar-refractivity contribution in [3.8, 4) is 0 Å². The van der Waals surface area contributed by atoms with Crippen molar-refractivity contribution in [3.05, 3.63) is 23.8 Å². The van der Waals surface area contributed by atoms with E-state index in [1.54, 1.807) is 13.0 Å². The topological polar surface area (TPSA) is 58.4 Å². The summed E-state index contributed by atoms with van der Waals surface area (Å²) in [6.45, 7) is 7.16. The van der Waals surface area contributed by atoms with Crippen LogP contribution < -0.4 is 11.1 Å². The van der Waals surface area contributed by atoms with Crippen LogP contribution in [-0.4, -0.2) is 36.4 Å². The Morgan fingerprint density at radius 1 is 1.42 bits per heavy atom. The van der Waals surface area contributed by atoms with Crippen LogP contribution in [0.2, 0.25) is 0 Å². The van der Waals surface area contributed by atoms with E-state index in [-0.39, 0.29) is 5.78 Å². The standard InChI is InChI=1S/C15H23N3O/c1-11(10-18-7-3-4-8-18)17-13-5-6-15(16)14(9-13)12(2)19/h5-6,9,11,17H,3-4,7-8,10,16H2,1-2H3. The van der Waals surface area contributed by atoms with Crippen molar-refractivity contribution < 1.29 is 4.79 Å². The van der Waals surface area contributed by atoms with Gasteiger partial charge in [-0.3, -0.25) is 4.79 Å². The summed E-state index contributed by atoms with van der Waals surface area (Å²) < 4.78 is 0. The molecule has 0 amide bonds. The van der Waals surface area contributed by atoms with Gasteiger partial charge in [-0.15, -0.1) is 0 Å². The number of nitrogens with one attached hydrogen (secondary N) is 1. The fraction of sp³-hybridized carbons (Fsp3) is 0.533. The Hall–Kier alpha value is -1.55. The number of carbonyl (C=O) groups excluding carboxylic acids is 1. The van der Waals surface area contributed by atoms with Crippen molar-refractivity contribution in [3.63, 3.8) is 0 Å². The van der Waals surface area contributed by atoms with Crippen LogP contribution in [0.15, 0.2) is 18.2 Å². The second-order valence-corrected chi connectivity index (χ2v) is 5.41. The van der Waals surface area contributed by atoms with Crippen molar-refractivity contribution in [1.29, 1.82) is 0 Å². The molecule has 0 aliphatic carbocycles. The predicted molar refractivity (Wildman–Crippen MR) is 79.6 cm³/mol. The third-order valence-corrected chi connectivity index (χ3v) is 3.58. The van der Waals surface area contributed by atoms with Gasteiger partial charge in [0.1, 0.15) is 0 Å². The molecule has 1 fully saturated rings. The first-order valence-corrected chi connectivity index (χ1v) is 6.95. The van der Waals surface area contributed by atoms with Gasteiger partial charge in [0.15, 0.2) is 5.78 Å². The van der Waals surface area contributed by atoms with Gasteiger partial charge in [-0.1, -0.05) is 0 Å². The van der Waals surface area contributed by atoms with Crippen LogP contribution in [0.3, 0.4) is 0 Å². The molecule has 1 aromatic rings. The number of likely N-dealkylation sites (tertiary alicyclic amines) is 1. The molecule has 0 radical (unpaired) electrons. The summed E-state index contributed by atoms with van der Waals surface area (Å²) in [5.41, 5.74) is 7.90. The first-order valence-electron chi connectivity index (χ1n) is 6.95. The van der Waals surface area contributed by atoms with E-state index in [9.17, 15) is 4.79 Å². The lowest BCUT2D eigenvalue weighted by Gasteiger charge is -2.22. The van der Waals surface area contributed by atoms with Gasteiger partial charge in [-0.2, -0.15) is 0 Å². The molecule has 0 aromatic heterocycles. The zero-order chi connectivity index (χ0) is 13.8. The highest BCUT2D eigenvalue weighted by atomic mass is 16.1. The highest BCUT2D eigenvalue weighted by molar-refractivity contribution is 6.00. The van der Waals surface area contributed by atoms with Crippen LogP contribution in [-0.2, 0) is 0 Å². The molecule has 4 heteroatoms. The number of hydrogen-bond donors (Lipinski definition) is 2. The van der Waals surface area contributed by atoms with Gasteiger partial charge < -0.3 is 16.0 Å². The van der Waals surface area contributed by atoms with Crippen LogP contribution in [0.4, 0.5) is 11.4 Å². The summed E-state index contributed by atoms with van der Waals surface area (Å²) in [6, 6.07) is 5.93. The number of nitrogens with zero attached hydrogens (tertiary/aromatic N) is 1.